The van der Waals surface area contributed by atoms with E-state index in [-0.39, 0.29) is 0 Å². The lowest BCUT2D eigenvalue weighted by atomic mass is 10.4. The lowest BCUT2D eigenvalue weighted by Gasteiger charge is -2.05. The predicted octanol–water partition coefficient (Wildman–Crippen LogP) is 0.498. The summed E-state index contributed by atoms with van der Waals surface area (Å²) in [5.41, 5.74) is 3.32. The van der Waals surface area contributed by atoms with Crippen LogP contribution in [0.3, 0.4) is 0 Å². The average molecular weight is 370 g/mol. The van der Waals surface area contributed by atoms with Gasteiger partial charge >= 0.3 is 0 Å². The fourth-order valence-electron chi connectivity index (χ4n) is 1.82. The number of nitrogen functional groups attached to an aromatic ring is 1. The largest absolute Gasteiger partial charge is 0.308 e. The number of hydrogen-bond donors (Lipinski definition) is 2. The minimum Gasteiger partial charge on any atom is -0.308 e. The summed E-state index contributed by atoms with van der Waals surface area (Å²) in [4.78, 5) is 8.85. The molecule has 3 aromatic rings. The van der Waals surface area contributed by atoms with Gasteiger partial charge in [0.05, 0.1) is 21.4 Å². The highest BCUT2D eigenvalue weighted by Crippen LogP contribution is 2.18. The summed E-state index contributed by atoms with van der Waals surface area (Å²) in [5.74, 6) is 6.68. The van der Waals surface area contributed by atoms with Crippen LogP contribution >= 0.6 is 22.6 Å². The van der Waals surface area contributed by atoms with Crippen molar-refractivity contribution < 1.29 is 0 Å². The van der Waals surface area contributed by atoms with Crippen molar-refractivity contribution in [3.8, 4) is 0 Å². The number of halogens is 1. The van der Waals surface area contributed by atoms with Crippen LogP contribution in [0.4, 0.5) is 5.82 Å². The number of nitrogens with one attached hydrogen (secondary N) is 1. The summed E-state index contributed by atoms with van der Waals surface area (Å²) < 4.78 is 4.53. The van der Waals surface area contributed by atoms with Gasteiger partial charge in [-0.1, -0.05) is 0 Å². The predicted molar refractivity (Wildman–Crippen MR) is 78.2 cm³/mol. The van der Waals surface area contributed by atoms with E-state index >= 15 is 0 Å². The first-order chi connectivity index (χ1) is 9.17. The Kier molecular flexibility index (Phi) is 3.06. The van der Waals surface area contributed by atoms with Gasteiger partial charge in [-0.05, 0) is 22.6 Å². The number of rotatable bonds is 3. The Hall–Kier alpha value is -1.75. The highest BCUT2D eigenvalue weighted by Gasteiger charge is 2.11. The van der Waals surface area contributed by atoms with E-state index in [0.717, 1.165) is 14.6 Å². The molecule has 0 spiro atoms. The normalized spacial score (nSPS) is 11.1. The fraction of sp³-hybridized carbons (Fsp3) is 0.200. The molecular weight excluding hydrogens is 359 g/mol. The van der Waals surface area contributed by atoms with Crippen molar-refractivity contribution in [2.75, 3.05) is 5.43 Å². The maximum absolute atomic E-state index is 5.49. The van der Waals surface area contributed by atoms with Gasteiger partial charge in [0.2, 0.25) is 0 Å². The second-order valence-electron chi connectivity index (χ2n) is 3.99. The Morgan fingerprint density at radius 3 is 2.84 bits per heavy atom. The summed E-state index contributed by atoms with van der Waals surface area (Å²) in [6.45, 7) is 0.485. The molecule has 0 bridgehead atoms. The molecule has 3 rings (SSSR count). The molecule has 0 aliphatic heterocycles. The van der Waals surface area contributed by atoms with Gasteiger partial charge in [0, 0.05) is 13.2 Å². The van der Waals surface area contributed by atoms with Gasteiger partial charge < -0.3 is 5.43 Å². The van der Waals surface area contributed by atoms with Gasteiger partial charge in [-0.25, -0.2) is 15.8 Å². The molecule has 0 aliphatic carbocycles. The van der Waals surface area contributed by atoms with Crippen molar-refractivity contribution in [2.45, 2.75) is 6.54 Å². The molecule has 19 heavy (non-hydrogen) atoms. The van der Waals surface area contributed by atoms with Crippen LogP contribution in [0.15, 0.2) is 18.6 Å². The summed E-state index contributed by atoms with van der Waals surface area (Å²) in [5, 5.41) is 9.16. The van der Waals surface area contributed by atoms with Gasteiger partial charge in [-0.3, -0.25) is 9.36 Å². The molecule has 3 aromatic heterocycles. The third-order valence-corrected chi connectivity index (χ3v) is 3.24. The van der Waals surface area contributed by atoms with Crippen LogP contribution in [0.5, 0.6) is 0 Å². The second kappa shape index (κ2) is 4.74. The number of aromatic nitrogens is 6. The zero-order valence-electron chi connectivity index (χ0n) is 10.1. The van der Waals surface area contributed by atoms with Crippen LogP contribution in [0.1, 0.15) is 5.82 Å². The van der Waals surface area contributed by atoms with E-state index in [1.165, 1.54) is 0 Å². The SMILES string of the molecule is Cn1ncc2c(NN)nc(Cn3cc(I)cn3)nc21. The molecule has 0 aromatic carbocycles. The van der Waals surface area contributed by atoms with Crippen molar-refractivity contribution in [3.05, 3.63) is 28.0 Å². The van der Waals surface area contributed by atoms with Crippen LogP contribution in [0.25, 0.3) is 11.0 Å². The van der Waals surface area contributed by atoms with Gasteiger partial charge in [0.15, 0.2) is 17.3 Å². The van der Waals surface area contributed by atoms with Crippen LogP contribution in [0.2, 0.25) is 0 Å². The maximum atomic E-state index is 5.49. The van der Waals surface area contributed by atoms with Crippen LogP contribution in [0, 0.1) is 3.57 Å². The molecular formula is C10H11IN8. The van der Waals surface area contributed by atoms with Gasteiger partial charge in [0.1, 0.15) is 6.54 Å². The van der Waals surface area contributed by atoms with E-state index in [9.17, 15) is 0 Å². The number of nitrogens with two attached hydrogens (primary N) is 1. The Labute approximate surface area is 122 Å². The minimum atomic E-state index is 0.485. The Morgan fingerprint density at radius 1 is 1.32 bits per heavy atom. The first kappa shape index (κ1) is 12.3. The van der Waals surface area contributed by atoms with E-state index in [2.05, 4.69) is 48.2 Å². The molecule has 9 heteroatoms. The van der Waals surface area contributed by atoms with Crippen molar-refractivity contribution in [3.63, 3.8) is 0 Å². The third kappa shape index (κ3) is 2.26. The summed E-state index contributed by atoms with van der Waals surface area (Å²) >= 11 is 2.21. The van der Waals surface area contributed by atoms with Crippen molar-refractivity contribution in [1.29, 1.82) is 0 Å². The molecule has 98 valence electrons. The Balaban J connectivity index is 2.06. The molecule has 0 aliphatic rings. The standard InChI is InChI=1S/C10H11IN8/c1-18-10-7(3-13-18)9(17-12)15-8(16-10)5-19-4-6(11)2-14-19/h2-4H,5,12H2,1H3,(H,15,16,17). The third-order valence-electron chi connectivity index (χ3n) is 2.68. The molecule has 0 unspecified atom stereocenters. The minimum absolute atomic E-state index is 0.485. The lowest BCUT2D eigenvalue weighted by Crippen LogP contribution is -2.13. The Bertz CT molecular complexity index is 730. The monoisotopic (exact) mass is 370 g/mol. The highest BCUT2D eigenvalue weighted by molar-refractivity contribution is 14.1. The highest BCUT2D eigenvalue weighted by atomic mass is 127. The Morgan fingerprint density at radius 2 is 2.16 bits per heavy atom. The molecule has 0 radical (unpaired) electrons. The number of hydrogen-bond acceptors (Lipinski definition) is 6. The quantitative estimate of drug-likeness (QED) is 0.396. The van der Waals surface area contributed by atoms with Gasteiger partial charge in [-0.15, -0.1) is 0 Å². The molecule has 0 fully saturated rings. The van der Waals surface area contributed by atoms with E-state index in [0.29, 0.717) is 18.2 Å². The first-order valence-corrected chi connectivity index (χ1v) is 6.58. The topological polar surface area (TPSA) is 99.5 Å². The van der Waals surface area contributed by atoms with E-state index in [1.54, 1.807) is 21.8 Å². The van der Waals surface area contributed by atoms with Crippen molar-refractivity contribution in [2.24, 2.45) is 12.9 Å². The molecule has 3 heterocycles. The molecule has 0 atom stereocenters. The van der Waals surface area contributed by atoms with Crippen molar-refractivity contribution >= 4 is 39.4 Å². The number of hydrazine groups is 1. The number of fused-ring (bicyclic) bond motifs is 1. The van der Waals surface area contributed by atoms with E-state index in [4.69, 9.17) is 5.84 Å². The van der Waals surface area contributed by atoms with Crippen molar-refractivity contribution in [1.82, 2.24) is 29.5 Å². The molecule has 0 amide bonds. The van der Waals surface area contributed by atoms with Crippen LogP contribution in [-0.4, -0.2) is 29.5 Å². The summed E-state index contributed by atoms with van der Waals surface area (Å²) in [6.07, 6.45) is 5.39. The van der Waals surface area contributed by atoms with Crippen LogP contribution in [-0.2, 0) is 13.6 Å². The lowest BCUT2D eigenvalue weighted by molar-refractivity contribution is 0.655. The molecule has 0 saturated heterocycles. The molecule has 0 saturated carbocycles. The van der Waals surface area contributed by atoms with Gasteiger partial charge in [0.25, 0.3) is 0 Å². The molecule has 8 nitrogen and oxygen atoms in total. The zero-order chi connectivity index (χ0) is 13.4. The maximum Gasteiger partial charge on any atom is 0.163 e. The molecule has 3 N–H and O–H groups in total. The van der Waals surface area contributed by atoms with E-state index in [1.807, 2.05) is 13.2 Å². The fourth-order valence-corrected chi connectivity index (χ4v) is 2.26. The average Bonchev–Trinajstić information content (AvgIpc) is 2.96. The van der Waals surface area contributed by atoms with Gasteiger partial charge in [-0.2, -0.15) is 10.2 Å². The number of aryl methyl sites for hydroxylation is 1. The van der Waals surface area contributed by atoms with E-state index < -0.39 is 0 Å². The number of anilines is 1. The van der Waals surface area contributed by atoms with Crippen LogP contribution < -0.4 is 11.3 Å². The smallest absolute Gasteiger partial charge is 0.163 e. The second-order valence-corrected chi connectivity index (χ2v) is 5.24. The number of nitrogens with zero attached hydrogens (tertiary/aromatic N) is 6. The first-order valence-electron chi connectivity index (χ1n) is 5.50. The zero-order valence-corrected chi connectivity index (χ0v) is 12.2. The summed E-state index contributed by atoms with van der Waals surface area (Å²) in [6, 6.07) is 0. The summed E-state index contributed by atoms with van der Waals surface area (Å²) in [7, 11) is 1.83.